The molecule has 0 bridgehead atoms. The summed E-state index contributed by atoms with van der Waals surface area (Å²) in [6.07, 6.45) is 4.13. The number of rotatable bonds is 8. The Labute approximate surface area is 165 Å². The van der Waals surface area contributed by atoms with Crippen molar-refractivity contribution in [1.82, 2.24) is 9.78 Å². The Morgan fingerprint density at radius 3 is 2.63 bits per heavy atom. The second-order valence-corrected chi connectivity index (χ2v) is 6.60. The van der Waals surface area contributed by atoms with Gasteiger partial charge in [-0.3, -0.25) is 14.5 Å². The molecule has 0 aliphatic heterocycles. The Bertz CT molecular complexity index is 823. The number of benzene rings is 1. The number of aldehydes is 1. The maximum Gasteiger partial charge on any atom is 0.154 e. The molecule has 2 rings (SSSR count). The van der Waals surface area contributed by atoms with Crippen LogP contribution >= 0.6 is 11.8 Å². The molecule has 1 aromatic heterocycles. The summed E-state index contributed by atoms with van der Waals surface area (Å²) in [5, 5.41) is 14.1. The van der Waals surface area contributed by atoms with E-state index in [1.165, 1.54) is 17.8 Å². The molecule has 144 valence electrons. The van der Waals surface area contributed by atoms with Gasteiger partial charge in [-0.2, -0.15) is 5.10 Å². The van der Waals surface area contributed by atoms with Gasteiger partial charge in [-0.1, -0.05) is 32.6 Å². The fraction of sp³-hybridized carbons (Fsp3) is 0.286. The molecule has 0 fully saturated rings. The number of phenolic OH excluding ortho intramolecular Hbond substituents is 1. The first-order valence-electron chi connectivity index (χ1n) is 8.79. The van der Waals surface area contributed by atoms with E-state index < -0.39 is 0 Å². The van der Waals surface area contributed by atoms with Crippen LogP contribution in [0.15, 0.2) is 58.6 Å². The van der Waals surface area contributed by atoms with Crippen LogP contribution in [-0.2, 0) is 0 Å². The summed E-state index contributed by atoms with van der Waals surface area (Å²) in [5.41, 5.74) is 2.74. The highest BCUT2D eigenvalue weighted by Gasteiger charge is 2.14. The summed E-state index contributed by atoms with van der Waals surface area (Å²) in [7, 11) is 0. The summed E-state index contributed by atoms with van der Waals surface area (Å²) in [4.78, 5) is 16.1. The summed E-state index contributed by atoms with van der Waals surface area (Å²) < 4.78 is 1.88. The van der Waals surface area contributed by atoms with Crippen molar-refractivity contribution < 1.29 is 9.90 Å². The molecule has 5 nitrogen and oxygen atoms in total. The van der Waals surface area contributed by atoms with E-state index in [2.05, 4.69) is 23.4 Å². The van der Waals surface area contributed by atoms with Crippen LogP contribution in [-0.4, -0.2) is 33.6 Å². The Morgan fingerprint density at radius 1 is 1.37 bits per heavy atom. The van der Waals surface area contributed by atoms with Gasteiger partial charge >= 0.3 is 0 Å². The molecule has 0 aliphatic rings. The number of hydrogen-bond acceptors (Lipinski definition) is 5. The molecule has 0 radical (unpaired) electrons. The molecule has 1 heterocycles. The minimum atomic E-state index is -0.0240. The zero-order valence-corrected chi connectivity index (χ0v) is 17.2. The molecule has 0 spiro atoms. The van der Waals surface area contributed by atoms with E-state index in [4.69, 9.17) is 0 Å². The van der Waals surface area contributed by atoms with Gasteiger partial charge in [0.15, 0.2) is 6.29 Å². The molecule has 0 atom stereocenters. The second kappa shape index (κ2) is 11.2. The number of aliphatic imine (C=N–C) groups is 1. The number of thioether (sulfide) groups is 1. The van der Waals surface area contributed by atoms with Gasteiger partial charge in [-0.05, 0) is 44.3 Å². The molecular formula is C21H27N3O2S. The Kier molecular flexibility index (Phi) is 9.30. The highest BCUT2D eigenvalue weighted by Crippen LogP contribution is 2.32. The minimum absolute atomic E-state index is 0.0240. The largest absolute Gasteiger partial charge is 0.507 e. The van der Waals surface area contributed by atoms with E-state index in [1.54, 1.807) is 24.4 Å². The van der Waals surface area contributed by atoms with Crippen LogP contribution in [0, 0.1) is 0 Å². The van der Waals surface area contributed by atoms with Gasteiger partial charge < -0.3 is 5.11 Å². The molecule has 0 aliphatic carbocycles. The van der Waals surface area contributed by atoms with E-state index in [9.17, 15) is 9.90 Å². The van der Waals surface area contributed by atoms with Crippen molar-refractivity contribution in [1.29, 1.82) is 0 Å². The number of phenols is 1. The van der Waals surface area contributed by atoms with Crippen LogP contribution in [0.25, 0.3) is 5.70 Å². The highest BCUT2D eigenvalue weighted by atomic mass is 32.2. The predicted octanol–water partition coefficient (Wildman–Crippen LogP) is 5.40. The molecule has 0 saturated carbocycles. The van der Waals surface area contributed by atoms with E-state index in [0.29, 0.717) is 22.6 Å². The first-order valence-corrected chi connectivity index (χ1v) is 9.78. The molecule has 0 saturated heterocycles. The quantitative estimate of drug-likeness (QED) is 0.286. The topological polar surface area (TPSA) is 67.5 Å². The van der Waals surface area contributed by atoms with Gasteiger partial charge in [0.25, 0.3) is 0 Å². The third kappa shape index (κ3) is 5.44. The number of allylic oxidation sites excluding steroid dienone is 1. The molecule has 1 aromatic carbocycles. The van der Waals surface area contributed by atoms with Crippen molar-refractivity contribution in [3.05, 3.63) is 59.9 Å². The molecule has 2 aromatic rings. The number of carbonyl (C=O) groups is 1. The van der Waals surface area contributed by atoms with Crippen LogP contribution in [0.3, 0.4) is 0 Å². The van der Waals surface area contributed by atoms with E-state index >= 15 is 0 Å². The van der Waals surface area contributed by atoms with E-state index in [1.807, 2.05) is 38.4 Å². The third-order valence-corrected chi connectivity index (χ3v) is 4.78. The van der Waals surface area contributed by atoms with Gasteiger partial charge in [0.2, 0.25) is 0 Å². The van der Waals surface area contributed by atoms with Gasteiger partial charge in [0, 0.05) is 22.9 Å². The summed E-state index contributed by atoms with van der Waals surface area (Å²) in [5.74, 6) is 0.509. The smallest absolute Gasteiger partial charge is 0.154 e. The number of aromatic nitrogens is 2. The molecule has 27 heavy (non-hydrogen) atoms. The van der Waals surface area contributed by atoms with Crippen molar-refractivity contribution in [2.45, 2.75) is 38.6 Å². The maximum absolute atomic E-state index is 11.2. The third-order valence-electron chi connectivity index (χ3n) is 3.65. The zero-order chi connectivity index (χ0) is 20.4. The lowest BCUT2D eigenvalue weighted by molar-refractivity contribution is 0.111. The van der Waals surface area contributed by atoms with Crippen molar-refractivity contribution in [3.63, 3.8) is 0 Å². The summed E-state index contributed by atoms with van der Waals surface area (Å²) >= 11 is 1.44. The lowest BCUT2D eigenvalue weighted by Gasteiger charge is -2.14. The van der Waals surface area contributed by atoms with Crippen LogP contribution in [0.2, 0.25) is 0 Å². The van der Waals surface area contributed by atoms with Crippen molar-refractivity contribution in [3.8, 4) is 5.75 Å². The van der Waals surface area contributed by atoms with Crippen molar-refractivity contribution in [2.24, 2.45) is 4.99 Å². The van der Waals surface area contributed by atoms with Gasteiger partial charge in [-0.25, -0.2) is 0 Å². The number of carbonyl (C=O) groups excluding carboxylic acids is 1. The maximum atomic E-state index is 11.2. The number of nitrogens with zero attached hydrogens (tertiary/aromatic N) is 3. The van der Waals surface area contributed by atoms with Crippen molar-refractivity contribution >= 4 is 30.5 Å². The number of hydrogen-bond donors (Lipinski definition) is 1. The van der Waals surface area contributed by atoms with Gasteiger partial charge in [-0.15, -0.1) is 11.8 Å². The predicted molar refractivity (Wildman–Crippen MR) is 115 cm³/mol. The second-order valence-electron chi connectivity index (χ2n) is 5.59. The lowest BCUT2D eigenvalue weighted by atomic mass is 10.1. The minimum Gasteiger partial charge on any atom is -0.507 e. The first-order chi connectivity index (χ1) is 13.0. The number of aromatic hydroxyl groups is 1. The monoisotopic (exact) mass is 385 g/mol. The lowest BCUT2D eigenvalue weighted by Crippen LogP contribution is -2.07. The normalized spacial score (nSPS) is 11.3. The molecule has 0 amide bonds. The summed E-state index contributed by atoms with van der Waals surface area (Å²) in [6.45, 7) is 15.7. The standard InChI is InChI=1S/C19H21N3O2S.C2H6/c1-5-14(12-25-18-8-6-7-17(24)15(18)11-23)19(20-4)16-9-10-21-22(16)13(2)3;1-2/h5-11,13,24H,1,4,12H2,2-3H3;1-2H3/b19-14+;. The van der Waals surface area contributed by atoms with Crippen LogP contribution in [0.4, 0.5) is 0 Å². The Balaban J connectivity index is 0.00000176. The first kappa shape index (κ1) is 22.4. The molecular weight excluding hydrogens is 358 g/mol. The Hall–Kier alpha value is -2.60. The average Bonchev–Trinajstić information content (AvgIpc) is 3.16. The van der Waals surface area contributed by atoms with Crippen LogP contribution in [0.5, 0.6) is 5.75 Å². The SMILES string of the molecule is C=C/C(CSc1cccc(O)c1C=O)=C(\N=C)c1ccnn1C(C)C.CC. The summed E-state index contributed by atoms with van der Waals surface area (Å²) in [6, 6.07) is 7.09. The average molecular weight is 386 g/mol. The van der Waals surface area contributed by atoms with Crippen molar-refractivity contribution in [2.75, 3.05) is 5.75 Å². The van der Waals surface area contributed by atoms with Crippen LogP contribution in [0.1, 0.15) is 49.8 Å². The van der Waals surface area contributed by atoms with Crippen LogP contribution < -0.4 is 0 Å². The molecule has 0 unspecified atom stereocenters. The van der Waals surface area contributed by atoms with Gasteiger partial charge in [0.05, 0.1) is 17.0 Å². The van der Waals surface area contributed by atoms with E-state index in [-0.39, 0.29) is 17.4 Å². The molecule has 6 heteroatoms. The Morgan fingerprint density at radius 2 is 2.07 bits per heavy atom. The van der Waals surface area contributed by atoms with E-state index in [0.717, 1.165) is 11.3 Å². The molecule has 1 N–H and O–H groups in total. The van der Waals surface area contributed by atoms with Gasteiger partial charge in [0.1, 0.15) is 5.75 Å². The highest BCUT2D eigenvalue weighted by molar-refractivity contribution is 7.99. The fourth-order valence-corrected chi connectivity index (χ4v) is 3.47. The fourth-order valence-electron chi connectivity index (χ4n) is 2.42. The zero-order valence-electron chi connectivity index (χ0n) is 16.3.